The van der Waals surface area contributed by atoms with Gasteiger partial charge in [-0.15, -0.1) is 0 Å². The zero-order valence-corrected chi connectivity index (χ0v) is 20.2. The van der Waals surface area contributed by atoms with E-state index in [9.17, 15) is 9.18 Å². The second-order valence-electron chi connectivity index (χ2n) is 10.1. The number of pyridine rings is 1. The maximum atomic E-state index is 13.4. The molecule has 35 heavy (non-hydrogen) atoms. The van der Waals surface area contributed by atoms with Gasteiger partial charge in [-0.25, -0.2) is 14.2 Å². The van der Waals surface area contributed by atoms with Crippen molar-refractivity contribution in [2.75, 3.05) is 0 Å². The minimum atomic E-state index is -0.716. The van der Waals surface area contributed by atoms with Gasteiger partial charge in [-0.3, -0.25) is 0 Å². The van der Waals surface area contributed by atoms with E-state index in [1.165, 1.54) is 31.4 Å². The number of rotatable bonds is 8. The molecule has 182 valence electrons. The van der Waals surface area contributed by atoms with Crippen molar-refractivity contribution in [1.29, 1.82) is 0 Å². The molecular weight excluding hydrogens is 443 g/mol. The summed E-state index contributed by atoms with van der Waals surface area (Å²) in [6, 6.07) is 19.9. The van der Waals surface area contributed by atoms with Crippen molar-refractivity contribution in [3.8, 4) is 5.88 Å². The number of alkyl carbamates (subject to hydrolysis) is 1. The number of ether oxygens (including phenoxy) is 2. The number of carbonyl (C=O) groups is 1. The molecule has 0 aliphatic heterocycles. The molecule has 5 rings (SSSR count). The molecule has 1 N–H and O–H groups in total. The van der Waals surface area contributed by atoms with Gasteiger partial charge >= 0.3 is 6.09 Å². The molecule has 3 atom stereocenters. The highest BCUT2D eigenvalue weighted by molar-refractivity contribution is 5.68. The van der Waals surface area contributed by atoms with Crippen LogP contribution in [0.2, 0.25) is 0 Å². The summed E-state index contributed by atoms with van der Waals surface area (Å²) in [6.45, 7) is 4.07. The van der Waals surface area contributed by atoms with E-state index in [1.54, 1.807) is 12.1 Å². The zero-order chi connectivity index (χ0) is 24.4. The molecule has 2 aliphatic rings. The lowest BCUT2D eigenvalue weighted by molar-refractivity contribution is 0.129. The van der Waals surface area contributed by atoms with E-state index < -0.39 is 11.6 Å². The molecule has 1 amide bonds. The number of halogens is 1. The van der Waals surface area contributed by atoms with E-state index in [2.05, 4.69) is 5.32 Å². The Morgan fingerprint density at radius 1 is 1.03 bits per heavy atom. The van der Waals surface area contributed by atoms with Gasteiger partial charge in [0, 0.05) is 30.0 Å². The molecular formula is C29H31FN2O3. The van der Waals surface area contributed by atoms with Gasteiger partial charge in [0.05, 0.1) is 5.54 Å². The second kappa shape index (κ2) is 9.68. The number of nitrogens with zero attached hydrogens (tertiary/aromatic N) is 1. The molecule has 2 aliphatic carbocycles. The standard InChI is InChI=1S/C29H31FN2O3/c1-29(2,32-28(33)34-18-20-7-4-3-5-8-20)21-16-23(15-19-11-13-22(30)14-12-19)31-26(17-21)35-27-24-9-6-10-25(24)27/h3-5,7-8,11-14,16-17,24-25,27H,6,9-10,15,18H2,1-2H3,(H,32,33)/t24-,25+,27+. The molecule has 1 aromatic heterocycles. The molecule has 0 unspecified atom stereocenters. The predicted molar refractivity (Wildman–Crippen MR) is 131 cm³/mol. The quantitative estimate of drug-likeness (QED) is 0.425. The number of carbonyl (C=O) groups excluding carboxylic acids is 1. The highest BCUT2D eigenvalue weighted by Crippen LogP contribution is 2.53. The van der Waals surface area contributed by atoms with Gasteiger partial charge in [-0.05, 0) is 61.6 Å². The monoisotopic (exact) mass is 474 g/mol. The first-order valence-electron chi connectivity index (χ1n) is 12.3. The summed E-state index contributed by atoms with van der Waals surface area (Å²) in [7, 11) is 0. The Labute approximate surface area is 205 Å². The first-order chi connectivity index (χ1) is 16.9. The third-order valence-corrected chi connectivity index (χ3v) is 7.09. The average molecular weight is 475 g/mol. The van der Waals surface area contributed by atoms with Gasteiger partial charge in [0.1, 0.15) is 18.5 Å². The van der Waals surface area contributed by atoms with Crippen LogP contribution < -0.4 is 10.1 Å². The van der Waals surface area contributed by atoms with Gasteiger partial charge < -0.3 is 14.8 Å². The minimum absolute atomic E-state index is 0.202. The normalized spacial score (nSPS) is 20.7. The maximum absolute atomic E-state index is 13.4. The van der Waals surface area contributed by atoms with Crippen LogP contribution in [0.15, 0.2) is 66.7 Å². The van der Waals surface area contributed by atoms with E-state index in [0.717, 1.165) is 22.4 Å². The van der Waals surface area contributed by atoms with E-state index in [1.807, 2.05) is 56.3 Å². The summed E-state index contributed by atoms with van der Waals surface area (Å²) in [4.78, 5) is 17.4. The molecule has 2 aromatic carbocycles. The lowest BCUT2D eigenvalue weighted by Gasteiger charge is -2.27. The Balaban J connectivity index is 1.33. The molecule has 1 heterocycles. The third-order valence-electron chi connectivity index (χ3n) is 7.09. The van der Waals surface area contributed by atoms with E-state index in [4.69, 9.17) is 14.5 Å². The van der Waals surface area contributed by atoms with Gasteiger partial charge in [-0.2, -0.15) is 0 Å². The van der Waals surface area contributed by atoms with E-state index >= 15 is 0 Å². The number of hydrogen-bond donors (Lipinski definition) is 1. The van der Waals surface area contributed by atoms with Crippen molar-refractivity contribution in [3.05, 3.63) is 94.9 Å². The largest absolute Gasteiger partial charge is 0.474 e. The minimum Gasteiger partial charge on any atom is -0.474 e. The number of aromatic nitrogens is 1. The maximum Gasteiger partial charge on any atom is 0.408 e. The van der Waals surface area contributed by atoms with Crippen molar-refractivity contribution in [3.63, 3.8) is 0 Å². The lowest BCUT2D eigenvalue weighted by Crippen LogP contribution is -2.41. The molecule has 0 spiro atoms. The van der Waals surface area contributed by atoms with Crippen LogP contribution in [0.4, 0.5) is 9.18 Å². The van der Waals surface area contributed by atoms with Crippen LogP contribution in [0.3, 0.4) is 0 Å². The van der Waals surface area contributed by atoms with Crippen LogP contribution in [0.5, 0.6) is 5.88 Å². The number of nitrogens with one attached hydrogen (secondary N) is 1. The Hall–Kier alpha value is -3.41. The molecule has 0 radical (unpaired) electrons. The van der Waals surface area contributed by atoms with Gasteiger partial charge in [0.15, 0.2) is 0 Å². The van der Waals surface area contributed by atoms with Crippen molar-refractivity contribution in [2.45, 2.75) is 57.8 Å². The molecule has 5 nitrogen and oxygen atoms in total. The Morgan fingerprint density at radius 3 is 2.46 bits per heavy atom. The molecule has 0 saturated heterocycles. The van der Waals surface area contributed by atoms with Gasteiger partial charge in [-0.1, -0.05) is 48.9 Å². The zero-order valence-electron chi connectivity index (χ0n) is 20.2. The van der Waals surface area contributed by atoms with Crippen LogP contribution in [0, 0.1) is 17.7 Å². The first-order valence-corrected chi connectivity index (χ1v) is 12.3. The van der Waals surface area contributed by atoms with Crippen molar-refractivity contribution in [1.82, 2.24) is 10.3 Å². The second-order valence-corrected chi connectivity index (χ2v) is 10.1. The molecule has 3 aromatic rings. The average Bonchev–Trinajstić information content (AvgIpc) is 3.24. The van der Waals surface area contributed by atoms with Crippen molar-refractivity contribution < 1.29 is 18.7 Å². The molecule has 2 fully saturated rings. The number of fused-ring (bicyclic) bond motifs is 1. The number of hydrogen-bond acceptors (Lipinski definition) is 4. The fraction of sp³-hybridized carbons (Fsp3) is 0.379. The highest BCUT2D eigenvalue weighted by atomic mass is 19.1. The van der Waals surface area contributed by atoms with Gasteiger partial charge in [0.2, 0.25) is 5.88 Å². The summed E-state index contributed by atoms with van der Waals surface area (Å²) in [5, 5.41) is 2.98. The predicted octanol–water partition coefficient (Wildman–Crippen LogP) is 6.15. The topological polar surface area (TPSA) is 60.5 Å². The van der Waals surface area contributed by atoms with Crippen LogP contribution >= 0.6 is 0 Å². The molecule has 2 saturated carbocycles. The van der Waals surface area contributed by atoms with E-state index in [-0.39, 0.29) is 18.5 Å². The number of benzene rings is 2. The number of amides is 1. The summed E-state index contributed by atoms with van der Waals surface area (Å²) >= 11 is 0. The Kier molecular flexibility index (Phi) is 6.46. The fourth-order valence-electron chi connectivity index (χ4n) is 5.04. The summed E-state index contributed by atoms with van der Waals surface area (Å²) in [5.41, 5.74) is 2.85. The molecule has 0 bridgehead atoms. The lowest BCUT2D eigenvalue weighted by atomic mass is 9.93. The Bertz CT molecular complexity index is 1170. The van der Waals surface area contributed by atoms with Crippen LogP contribution in [-0.4, -0.2) is 17.2 Å². The fourth-order valence-corrected chi connectivity index (χ4v) is 5.04. The third kappa shape index (κ3) is 5.64. The van der Waals surface area contributed by atoms with Gasteiger partial charge in [0.25, 0.3) is 0 Å². The van der Waals surface area contributed by atoms with Crippen LogP contribution in [0.25, 0.3) is 0 Å². The van der Waals surface area contributed by atoms with Crippen LogP contribution in [-0.2, 0) is 23.3 Å². The smallest absolute Gasteiger partial charge is 0.408 e. The summed E-state index contributed by atoms with van der Waals surface area (Å²) in [5.74, 6) is 1.59. The molecule has 6 heteroatoms. The van der Waals surface area contributed by atoms with Crippen molar-refractivity contribution in [2.24, 2.45) is 11.8 Å². The van der Waals surface area contributed by atoms with Crippen molar-refractivity contribution >= 4 is 6.09 Å². The first kappa shape index (κ1) is 23.3. The SMILES string of the molecule is CC(C)(NC(=O)OCc1ccccc1)c1cc(Cc2ccc(F)cc2)nc(O[C@H]2[C@@H]3CCC[C@@H]32)c1. The highest BCUT2D eigenvalue weighted by Gasteiger charge is 2.55. The van der Waals surface area contributed by atoms with E-state index in [0.29, 0.717) is 24.1 Å². The summed E-state index contributed by atoms with van der Waals surface area (Å²) < 4.78 is 25.1. The summed E-state index contributed by atoms with van der Waals surface area (Å²) in [6.07, 6.45) is 4.00. The Morgan fingerprint density at radius 2 is 1.74 bits per heavy atom. The van der Waals surface area contributed by atoms with Crippen LogP contribution in [0.1, 0.15) is 55.5 Å².